The highest BCUT2D eigenvalue weighted by Crippen LogP contribution is 2.35. The fraction of sp³-hybridized carbons (Fsp3) is 0.357. The molecule has 2 atom stereocenters. The molecule has 128 valence electrons. The van der Waals surface area contributed by atoms with E-state index in [1.165, 1.54) is 17.8 Å². The Morgan fingerprint density at radius 1 is 1.54 bits per heavy atom. The number of aliphatic hydroxyl groups excluding tert-OH is 1. The lowest BCUT2D eigenvalue weighted by atomic mass is 9.83. The van der Waals surface area contributed by atoms with Crippen LogP contribution in [-0.4, -0.2) is 45.5 Å². The summed E-state index contributed by atoms with van der Waals surface area (Å²) in [5.41, 5.74) is 1.69. The van der Waals surface area contributed by atoms with Crippen molar-refractivity contribution in [3.8, 4) is 0 Å². The third-order valence-corrected chi connectivity index (χ3v) is 4.77. The first kappa shape index (κ1) is 16.7. The zero-order valence-electron chi connectivity index (χ0n) is 12.7. The van der Waals surface area contributed by atoms with E-state index in [9.17, 15) is 14.7 Å². The number of oxime groups is 1. The second kappa shape index (κ2) is 7.16. The minimum atomic E-state index is -0.719. The summed E-state index contributed by atoms with van der Waals surface area (Å²) in [7, 11) is 1.63. The van der Waals surface area contributed by atoms with Crippen LogP contribution in [0.3, 0.4) is 0 Å². The molecule has 1 aliphatic rings. The molecule has 0 saturated heterocycles. The van der Waals surface area contributed by atoms with Crippen molar-refractivity contribution in [1.29, 1.82) is 0 Å². The van der Waals surface area contributed by atoms with Crippen LogP contribution in [0.25, 0.3) is 0 Å². The standard InChI is InChI=1S/C14H16FN5O3S/c1-16-11(21)6-24-14-12(19-23-20-14)13(18-22)17-10-5-8-7(10)3-2-4-9(8)15/h2-4,10-11,16,21-22H,5-6H2,1H3,(H,17,18). The van der Waals surface area contributed by atoms with Crippen LogP contribution in [0.15, 0.2) is 33.0 Å². The molecule has 0 fully saturated rings. The van der Waals surface area contributed by atoms with Crippen LogP contribution in [0.5, 0.6) is 0 Å². The van der Waals surface area contributed by atoms with Crippen LogP contribution in [-0.2, 0) is 6.42 Å². The SMILES string of the molecule is CNC(O)CSc1nonc1/C(=N/O)NC1Cc2c(F)cccc21. The first-order valence-electron chi connectivity index (χ1n) is 7.21. The van der Waals surface area contributed by atoms with Crippen molar-refractivity contribution >= 4 is 17.6 Å². The van der Waals surface area contributed by atoms with Crippen LogP contribution in [0, 0.1) is 5.82 Å². The molecule has 0 aliphatic heterocycles. The summed E-state index contributed by atoms with van der Waals surface area (Å²) in [4.78, 5) is 0. The highest BCUT2D eigenvalue weighted by Gasteiger charge is 2.31. The van der Waals surface area contributed by atoms with E-state index in [-0.39, 0.29) is 23.4 Å². The molecule has 2 unspecified atom stereocenters. The van der Waals surface area contributed by atoms with Gasteiger partial charge in [-0.05, 0) is 34.6 Å². The van der Waals surface area contributed by atoms with Gasteiger partial charge in [0.1, 0.15) is 12.0 Å². The van der Waals surface area contributed by atoms with E-state index in [1.807, 2.05) is 6.07 Å². The Balaban J connectivity index is 1.71. The fourth-order valence-electron chi connectivity index (χ4n) is 2.40. The predicted octanol–water partition coefficient (Wildman–Crippen LogP) is 0.861. The number of aromatic nitrogens is 2. The van der Waals surface area contributed by atoms with E-state index in [1.54, 1.807) is 13.1 Å². The minimum absolute atomic E-state index is 0.0811. The molecule has 2 aromatic rings. The molecular formula is C14H16FN5O3S. The van der Waals surface area contributed by atoms with Gasteiger partial charge in [0, 0.05) is 12.2 Å². The van der Waals surface area contributed by atoms with Gasteiger partial charge in [-0.3, -0.25) is 5.32 Å². The second-order valence-corrected chi connectivity index (χ2v) is 6.20. The molecule has 8 nitrogen and oxygen atoms in total. The summed E-state index contributed by atoms with van der Waals surface area (Å²) in [6.45, 7) is 0. The van der Waals surface area contributed by atoms with Crippen molar-refractivity contribution < 1.29 is 19.3 Å². The zero-order chi connectivity index (χ0) is 17.1. The summed E-state index contributed by atoms with van der Waals surface area (Å²) in [6, 6.07) is 4.68. The molecule has 0 amide bonds. The lowest BCUT2D eigenvalue weighted by Gasteiger charge is -2.31. The van der Waals surface area contributed by atoms with E-state index in [0.717, 1.165) is 5.56 Å². The largest absolute Gasteiger partial charge is 0.409 e. The molecule has 1 aromatic heterocycles. The van der Waals surface area contributed by atoms with Crippen LogP contribution >= 0.6 is 11.8 Å². The van der Waals surface area contributed by atoms with E-state index < -0.39 is 6.23 Å². The highest BCUT2D eigenvalue weighted by molar-refractivity contribution is 7.99. The van der Waals surface area contributed by atoms with Gasteiger partial charge in [0.2, 0.25) is 0 Å². The first-order valence-corrected chi connectivity index (χ1v) is 8.19. The topological polar surface area (TPSA) is 116 Å². The Labute approximate surface area is 141 Å². The number of amidine groups is 1. The Hall–Kier alpha value is -2.17. The molecule has 0 spiro atoms. The maximum atomic E-state index is 13.6. The molecule has 1 aliphatic carbocycles. The van der Waals surface area contributed by atoms with Crippen LogP contribution < -0.4 is 10.6 Å². The van der Waals surface area contributed by atoms with Gasteiger partial charge in [-0.15, -0.1) is 0 Å². The summed E-state index contributed by atoms with van der Waals surface area (Å²) >= 11 is 1.20. The Morgan fingerprint density at radius 3 is 3.12 bits per heavy atom. The number of hydrogen-bond acceptors (Lipinski definition) is 8. The van der Waals surface area contributed by atoms with Crippen molar-refractivity contribution in [3.63, 3.8) is 0 Å². The number of benzene rings is 1. The number of fused-ring (bicyclic) bond motifs is 1. The lowest BCUT2D eigenvalue weighted by Crippen LogP contribution is -2.37. The van der Waals surface area contributed by atoms with Crippen molar-refractivity contribution in [2.24, 2.45) is 5.16 Å². The maximum absolute atomic E-state index is 13.6. The predicted molar refractivity (Wildman–Crippen MR) is 84.4 cm³/mol. The smallest absolute Gasteiger partial charge is 0.198 e. The van der Waals surface area contributed by atoms with Gasteiger partial charge in [0.25, 0.3) is 0 Å². The highest BCUT2D eigenvalue weighted by atomic mass is 32.2. The molecule has 0 saturated carbocycles. The van der Waals surface area contributed by atoms with Gasteiger partial charge in [-0.1, -0.05) is 29.1 Å². The quantitative estimate of drug-likeness (QED) is 0.151. The van der Waals surface area contributed by atoms with E-state index >= 15 is 0 Å². The monoisotopic (exact) mass is 353 g/mol. The molecule has 3 rings (SSSR count). The maximum Gasteiger partial charge on any atom is 0.198 e. The molecule has 0 bridgehead atoms. The number of hydrogen-bond donors (Lipinski definition) is 4. The zero-order valence-corrected chi connectivity index (χ0v) is 13.5. The van der Waals surface area contributed by atoms with Gasteiger partial charge in [-0.25, -0.2) is 9.02 Å². The number of halogens is 1. The number of thioether (sulfide) groups is 1. The number of aliphatic hydroxyl groups is 1. The van der Waals surface area contributed by atoms with Gasteiger partial charge in [0.05, 0.1) is 6.04 Å². The first-order chi connectivity index (χ1) is 11.6. The summed E-state index contributed by atoms with van der Waals surface area (Å²) < 4.78 is 18.3. The lowest BCUT2D eigenvalue weighted by molar-refractivity contribution is 0.171. The van der Waals surface area contributed by atoms with Crippen LogP contribution in [0.2, 0.25) is 0 Å². The Morgan fingerprint density at radius 2 is 2.38 bits per heavy atom. The molecule has 1 aromatic carbocycles. The van der Waals surface area contributed by atoms with Gasteiger partial charge in [-0.2, -0.15) is 0 Å². The number of nitrogens with one attached hydrogen (secondary N) is 2. The average molecular weight is 353 g/mol. The van der Waals surface area contributed by atoms with Crippen molar-refractivity contribution in [3.05, 3.63) is 40.8 Å². The summed E-state index contributed by atoms with van der Waals surface area (Å²) in [5.74, 6) is 0.152. The van der Waals surface area contributed by atoms with Crippen molar-refractivity contribution in [2.45, 2.75) is 23.7 Å². The number of rotatable bonds is 6. The van der Waals surface area contributed by atoms with E-state index in [2.05, 4.69) is 26.1 Å². The van der Waals surface area contributed by atoms with Crippen molar-refractivity contribution in [1.82, 2.24) is 20.9 Å². The van der Waals surface area contributed by atoms with Crippen LogP contribution in [0.1, 0.15) is 22.9 Å². The van der Waals surface area contributed by atoms with Crippen molar-refractivity contribution in [2.75, 3.05) is 12.8 Å². The van der Waals surface area contributed by atoms with Gasteiger partial charge >= 0.3 is 0 Å². The minimum Gasteiger partial charge on any atom is -0.409 e. The Kier molecular flexibility index (Phi) is 4.97. The molecule has 4 N–H and O–H groups in total. The summed E-state index contributed by atoms with van der Waals surface area (Å²) in [6.07, 6.45) is -0.240. The second-order valence-electron chi connectivity index (χ2n) is 5.19. The fourth-order valence-corrected chi connectivity index (χ4v) is 3.24. The third-order valence-electron chi connectivity index (χ3n) is 3.74. The third kappa shape index (κ3) is 3.21. The normalized spacial score (nSPS) is 18.0. The molecule has 1 heterocycles. The van der Waals surface area contributed by atoms with Gasteiger partial charge in [0.15, 0.2) is 16.6 Å². The van der Waals surface area contributed by atoms with E-state index in [4.69, 9.17) is 4.63 Å². The van der Waals surface area contributed by atoms with E-state index in [0.29, 0.717) is 22.8 Å². The summed E-state index contributed by atoms with van der Waals surface area (Å²) in [5, 5.41) is 35.6. The van der Waals surface area contributed by atoms with Gasteiger partial charge < -0.3 is 15.6 Å². The Bertz CT molecular complexity index is 754. The molecular weight excluding hydrogens is 337 g/mol. The number of nitrogens with zero attached hydrogens (tertiary/aromatic N) is 3. The molecule has 0 radical (unpaired) electrons. The average Bonchev–Trinajstić information content (AvgIpc) is 3.03. The molecule has 24 heavy (non-hydrogen) atoms. The molecule has 10 heteroatoms. The van der Waals surface area contributed by atoms with Crippen LogP contribution in [0.4, 0.5) is 4.39 Å².